The Morgan fingerprint density at radius 1 is 1.50 bits per heavy atom. The number of nitrogens with one attached hydrogen (secondary N) is 2. The lowest BCUT2D eigenvalue weighted by Crippen LogP contribution is -2.30. The van der Waals surface area contributed by atoms with Crippen LogP contribution in [0.4, 0.5) is 0 Å². The quantitative estimate of drug-likeness (QED) is 0.634. The van der Waals surface area contributed by atoms with Gasteiger partial charge in [0.2, 0.25) is 5.91 Å². The smallest absolute Gasteiger partial charge is 0.223 e. The Morgan fingerprint density at radius 2 is 2.33 bits per heavy atom. The number of hydrogen-bond acceptors (Lipinski definition) is 2. The maximum Gasteiger partial charge on any atom is 0.223 e. The van der Waals surface area contributed by atoms with Crippen LogP contribution in [0.3, 0.4) is 0 Å². The molecule has 1 aliphatic heterocycles. The molecule has 1 amide bonds. The maximum absolute atomic E-state index is 11.4. The predicted octanol–water partition coefficient (Wildman–Crippen LogP) is 0.512. The van der Waals surface area contributed by atoms with Gasteiger partial charge in [0.15, 0.2) is 0 Å². The summed E-state index contributed by atoms with van der Waals surface area (Å²) < 4.78 is 0. The molecule has 0 spiro atoms. The Morgan fingerprint density at radius 3 is 3.08 bits per heavy atom. The van der Waals surface area contributed by atoms with Gasteiger partial charge in [0.05, 0.1) is 0 Å². The van der Waals surface area contributed by atoms with Crippen molar-refractivity contribution < 1.29 is 4.79 Å². The second-order valence-electron chi connectivity index (χ2n) is 3.27. The molecule has 3 heteroatoms. The molecular formula is C9H18N2O. The topological polar surface area (TPSA) is 41.1 Å². The summed E-state index contributed by atoms with van der Waals surface area (Å²) in [4.78, 5) is 11.4. The summed E-state index contributed by atoms with van der Waals surface area (Å²) in [5.74, 6) is 0.487. The fraction of sp³-hybridized carbons (Fsp3) is 0.889. The number of hydrogen-bond donors (Lipinski definition) is 2. The zero-order valence-electron chi connectivity index (χ0n) is 7.73. The largest absolute Gasteiger partial charge is 0.356 e. The van der Waals surface area contributed by atoms with Gasteiger partial charge in [-0.25, -0.2) is 0 Å². The van der Waals surface area contributed by atoms with E-state index < -0.39 is 0 Å². The molecule has 1 fully saturated rings. The van der Waals surface area contributed by atoms with Crippen molar-refractivity contribution >= 4 is 5.91 Å². The molecule has 0 radical (unpaired) electrons. The van der Waals surface area contributed by atoms with Crippen LogP contribution in [0.1, 0.15) is 26.2 Å². The van der Waals surface area contributed by atoms with Gasteiger partial charge in [-0.3, -0.25) is 4.79 Å². The van der Waals surface area contributed by atoms with Crippen molar-refractivity contribution in [3.63, 3.8) is 0 Å². The predicted molar refractivity (Wildman–Crippen MR) is 48.9 cm³/mol. The Balaban J connectivity index is 2.32. The zero-order chi connectivity index (χ0) is 8.81. The molecule has 70 valence electrons. The molecule has 2 N–H and O–H groups in total. The Kier molecular flexibility index (Phi) is 4.08. The normalized spacial score (nSPS) is 24.6. The first kappa shape index (κ1) is 9.52. The minimum Gasteiger partial charge on any atom is -0.356 e. The van der Waals surface area contributed by atoms with Crippen LogP contribution >= 0.6 is 0 Å². The average Bonchev–Trinajstić information content (AvgIpc) is 2.32. The van der Waals surface area contributed by atoms with Crippen molar-refractivity contribution in [3.05, 3.63) is 0 Å². The molecule has 12 heavy (non-hydrogen) atoms. The molecule has 3 nitrogen and oxygen atoms in total. The lowest BCUT2D eigenvalue weighted by Gasteiger charge is -2.12. The van der Waals surface area contributed by atoms with Gasteiger partial charge < -0.3 is 10.6 Å². The highest BCUT2D eigenvalue weighted by atomic mass is 16.1. The molecular weight excluding hydrogens is 152 g/mol. The minimum absolute atomic E-state index is 0.237. The first-order valence-electron chi connectivity index (χ1n) is 4.83. The molecule has 0 aromatic heterocycles. The van der Waals surface area contributed by atoms with Crippen molar-refractivity contribution in [1.82, 2.24) is 10.6 Å². The van der Waals surface area contributed by atoms with Gasteiger partial charge in [0, 0.05) is 12.5 Å². The van der Waals surface area contributed by atoms with Gasteiger partial charge in [-0.15, -0.1) is 0 Å². The van der Waals surface area contributed by atoms with E-state index in [0.717, 1.165) is 38.9 Å². The van der Waals surface area contributed by atoms with Crippen LogP contribution in [0.5, 0.6) is 0 Å². The second-order valence-corrected chi connectivity index (χ2v) is 3.27. The van der Waals surface area contributed by atoms with Gasteiger partial charge in [0.25, 0.3) is 0 Å². The first-order chi connectivity index (χ1) is 5.84. The van der Waals surface area contributed by atoms with Gasteiger partial charge in [-0.1, -0.05) is 0 Å². The summed E-state index contributed by atoms with van der Waals surface area (Å²) in [6.07, 6.45) is 3.16. The SMILES string of the molecule is CCNC(=O)C1CCCNCC1. The third kappa shape index (κ3) is 2.81. The lowest BCUT2D eigenvalue weighted by atomic mass is 10.00. The number of carbonyl (C=O) groups is 1. The van der Waals surface area contributed by atoms with Crippen LogP contribution in [0.15, 0.2) is 0 Å². The highest BCUT2D eigenvalue weighted by Gasteiger charge is 2.18. The summed E-state index contributed by atoms with van der Waals surface area (Å²) in [6.45, 7) is 4.77. The summed E-state index contributed by atoms with van der Waals surface area (Å²) in [5.41, 5.74) is 0. The third-order valence-electron chi connectivity index (χ3n) is 2.30. The average molecular weight is 170 g/mol. The Labute approximate surface area is 73.9 Å². The lowest BCUT2D eigenvalue weighted by molar-refractivity contribution is -0.125. The second kappa shape index (κ2) is 5.14. The Hall–Kier alpha value is -0.570. The van der Waals surface area contributed by atoms with Crippen molar-refractivity contribution in [2.45, 2.75) is 26.2 Å². The maximum atomic E-state index is 11.4. The molecule has 1 rings (SSSR count). The van der Waals surface area contributed by atoms with Crippen LogP contribution < -0.4 is 10.6 Å². The molecule has 1 aliphatic rings. The highest BCUT2D eigenvalue weighted by molar-refractivity contribution is 5.78. The molecule has 1 saturated heterocycles. The van der Waals surface area contributed by atoms with E-state index in [2.05, 4.69) is 10.6 Å². The molecule has 0 bridgehead atoms. The number of rotatable bonds is 2. The van der Waals surface area contributed by atoms with Crippen LogP contribution in [0.25, 0.3) is 0 Å². The molecule has 0 saturated carbocycles. The monoisotopic (exact) mass is 170 g/mol. The van der Waals surface area contributed by atoms with Gasteiger partial charge >= 0.3 is 0 Å². The van der Waals surface area contributed by atoms with Crippen LogP contribution in [0, 0.1) is 5.92 Å². The Bertz CT molecular complexity index is 139. The molecule has 1 atom stereocenters. The summed E-state index contributed by atoms with van der Waals surface area (Å²) in [7, 11) is 0. The third-order valence-corrected chi connectivity index (χ3v) is 2.30. The van der Waals surface area contributed by atoms with Crippen LogP contribution in [-0.4, -0.2) is 25.5 Å². The van der Waals surface area contributed by atoms with E-state index >= 15 is 0 Å². The van der Waals surface area contributed by atoms with E-state index in [1.54, 1.807) is 0 Å². The zero-order valence-corrected chi connectivity index (χ0v) is 7.73. The van der Waals surface area contributed by atoms with Crippen molar-refractivity contribution in [1.29, 1.82) is 0 Å². The molecule has 0 aromatic carbocycles. The van der Waals surface area contributed by atoms with Crippen LogP contribution in [0.2, 0.25) is 0 Å². The van der Waals surface area contributed by atoms with E-state index in [1.807, 2.05) is 6.92 Å². The summed E-state index contributed by atoms with van der Waals surface area (Å²) in [6, 6.07) is 0. The summed E-state index contributed by atoms with van der Waals surface area (Å²) in [5, 5.41) is 6.17. The van der Waals surface area contributed by atoms with Crippen LogP contribution in [-0.2, 0) is 4.79 Å². The van der Waals surface area contributed by atoms with Gasteiger partial charge in [-0.05, 0) is 39.3 Å². The van der Waals surface area contributed by atoms with E-state index in [4.69, 9.17) is 0 Å². The minimum atomic E-state index is 0.237. The van der Waals surface area contributed by atoms with E-state index in [-0.39, 0.29) is 11.8 Å². The summed E-state index contributed by atoms with van der Waals surface area (Å²) >= 11 is 0. The van der Waals surface area contributed by atoms with Gasteiger partial charge in [-0.2, -0.15) is 0 Å². The van der Waals surface area contributed by atoms with E-state index in [9.17, 15) is 4.79 Å². The standard InChI is InChI=1S/C9H18N2O/c1-2-11-9(12)8-4-3-6-10-7-5-8/h8,10H,2-7H2,1H3,(H,11,12). The van der Waals surface area contributed by atoms with Crippen molar-refractivity contribution in [3.8, 4) is 0 Å². The fourth-order valence-corrected chi connectivity index (χ4v) is 1.60. The molecule has 1 heterocycles. The molecule has 0 aromatic rings. The number of carbonyl (C=O) groups excluding carboxylic acids is 1. The van der Waals surface area contributed by atoms with E-state index in [0.29, 0.717) is 0 Å². The highest BCUT2D eigenvalue weighted by Crippen LogP contribution is 2.12. The van der Waals surface area contributed by atoms with Crippen molar-refractivity contribution in [2.24, 2.45) is 5.92 Å². The molecule has 1 unspecified atom stereocenters. The first-order valence-corrected chi connectivity index (χ1v) is 4.83. The van der Waals surface area contributed by atoms with Crippen molar-refractivity contribution in [2.75, 3.05) is 19.6 Å². The number of amides is 1. The molecule has 0 aliphatic carbocycles. The fourth-order valence-electron chi connectivity index (χ4n) is 1.60. The van der Waals surface area contributed by atoms with E-state index in [1.165, 1.54) is 0 Å². The van der Waals surface area contributed by atoms with Gasteiger partial charge in [0.1, 0.15) is 0 Å².